The summed E-state index contributed by atoms with van der Waals surface area (Å²) in [5, 5.41) is 12.9. The fraction of sp³-hybridized carbons (Fsp3) is 0.522. The van der Waals surface area contributed by atoms with Crippen molar-refractivity contribution in [1.29, 1.82) is 0 Å². The number of aliphatic hydroxyl groups is 1. The van der Waals surface area contributed by atoms with E-state index in [1.54, 1.807) is 4.90 Å². The van der Waals surface area contributed by atoms with Crippen LogP contribution in [0.3, 0.4) is 0 Å². The van der Waals surface area contributed by atoms with E-state index in [9.17, 15) is 9.90 Å². The molecular weight excluding hydrogens is 416 g/mol. The lowest BCUT2D eigenvalue weighted by Gasteiger charge is -2.30. The van der Waals surface area contributed by atoms with Crippen LogP contribution in [-0.2, 0) is 19.4 Å². The zero-order valence-electron chi connectivity index (χ0n) is 18.4. The lowest BCUT2D eigenvalue weighted by Crippen LogP contribution is -2.44. The first-order valence-corrected chi connectivity index (χ1v) is 11.2. The molecule has 2 N–H and O–H groups in total. The van der Waals surface area contributed by atoms with Crippen LogP contribution in [0, 0.1) is 5.92 Å². The number of aromatic nitrogens is 2. The summed E-state index contributed by atoms with van der Waals surface area (Å²) in [6, 6.07) is 5.38. The quantitative estimate of drug-likeness (QED) is 0.641. The Balaban J connectivity index is 1.68. The monoisotopic (exact) mass is 446 g/mol. The van der Waals surface area contributed by atoms with E-state index in [1.807, 2.05) is 45.2 Å². The number of benzene rings is 1. The van der Waals surface area contributed by atoms with Crippen LogP contribution >= 0.6 is 11.6 Å². The van der Waals surface area contributed by atoms with Crippen molar-refractivity contribution in [3.05, 3.63) is 52.1 Å². The molecule has 1 unspecified atom stereocenters. The van der Waals surface area contributed by atoms with E-state index in [-0.39, 0.29) is 24.6 Å². The third-order valence-electron chi connectivity index (χ3n) is 5.49. The van der Waals surface area contributed by atoms with Gasteiger partial charge < -0.3 is 20.1 Å². The second-order valence-corrected chi connectivity index (χ2v) is 8.36. The number of urea groups is 1. The minimum atomic E-state index is -0.145. The molecule has 1 aliphatic heterocycles. The summed E-state index contributed by atoms with van der Waals surface area (Å²) in [5.41, 5.74) is 2.91. The van der Waals surface area contributed by atoms with Gasteiger partial charge in [0, 0.05) is 25.8 Å². The first-order valence-electron chi connectivity index (χ1n) is 10.9. The van der Waals surface area contributed by atoms with E-state index in [1.165, 1.54) is 0 Å². The highest BCUT2D eigenvalue weighted by Crippen LogP contribution is 2.29. The molecule has 8 heteroatoms. The van der Waals surface area contributed by atoms with Crippen LogP contribution in [0.5, 0.6) is 5.75 Å². The number of ether oxygens (including phenoxy) is 1. The fourth-order valence-corrected chi connectivity index (χ4v) is 3.90. The van der Waals surface area contributed by atoms with Gasteiger partial charge in [0.25, 0.3) is 0 Å². The predicted molar refractivity (Wildman–Crippen MR) is 120 cm³/mol. The van der Waals surface area contributed by atoms with Crippen molar-refractivity contribution in [3.63, 3.8) is 0 Å². The van der Waals surface area contributed by atoms with Gasteiger partial charge in [0.2, 0.25) is 0 Å². The maximum absolute atomic E-state index is 13.0. The molecular formula is C23H31ClN4O3. The lowest BCUT2D eigenvalue weighted by atomic mass is 10.0. The Bertz CT molecular complexity index is 908. The maximum Gasteiger partial charge on any atom is 0.318 e. The molecule has 0 saturated heterocycles. The smallest absolute Gasteiger partial charge is 0.318 e. The molecule has 168 valence electrons. The van der Waals surface area contributed by atoms with Crippen LogP contribution in [-0.4, -0.2) is 45.8 Å². The number of hydrogen-bond acceptors (Lipinski definition) is 5. The van der Waals surface area contributed by atoms with E-state index in [0.717, 1.165) is 29.7 Å². The minimum absolute atomic E-state index is 0.100. The van der Waals surface area contributed by atoms with Gasteiger partial charge in [-0.05, 0) is 48.9 Å². The number of rotatable bonds is 8. The average molecular weight is 447 g/mol. The minimum Gasteiger partial charge on any atom is -0.492 e. The Labute approximate surface area is 188 Å². The molecule has 0 fully saturated rings. The largest absolute Gasteiger partial charge is 0.492 e. The standard InChI is InChI=1S/C23H31ClN4O3/c1-4-19(16-6-7-21(31-5-2)18(24)11-16)27-23(30)28-9-8-17-12-25-22(10-15(3)14-29)26-20(17)13-28/h6-7,11-12,15,19,29H,4-5,8-10,13-14H2,1-3H3,(H,27,30)/t15-,19?/m1/s1. The zero-order chi connectivity index (χ0) is 22.4. The summed E-state index contributed by atoms with van der Waals surface area (Å²) in [6.45, 7) is 7.62. The van der Waals surface area contributed by atoms with E-state index in [2.05, 4.69) is 15.3 Å². The Morgan fingerprint density at radius 1 is 1.39 bits per heavy atom. The van der Waals surface area contributed by atoms with Crippen molar-refractivity contribution in [1.82, 2.24) is 20.2 Å². The molecule has 0 saturated carbocycles. The van der Waals surface area contributed by atoms with Gasteiger partial charge in [-0.25, -0.2) is 14.8 Å². The number of hydrogen-bond donors (Lipinski definition) is 2. The number of fused-ring (bicyclic) bond motifs is 1. The van der Waals surface area contributed by atoms with E-state index >= 15 is 0 Å². The SMILES string of the molecule is CCOc1ccc(C(CC)NC(=O)N2CCc3cnc(C[C@@H](C)CO)nc3C2)cc1Cl. The summed E-state index contributed by atoms with van der Waals surface area (Å²) < 4.78 is 5.50. The van der Waals surface area contributed by atoms with Gasteiger partial charge in [0.15, 0.2) is 0 Å². The third-order valence-corrected chi connectivity index (χ3v) is 5.79. The first kappa shape index (κ1) is 23.3. The molecule has 2 amide bonds. The van der Waals surface area contributed by atoms with Crippen LogP contribution < -0.4 is 10.1 Å². The van der Waals surface area contributed by atoms with Gasteiger partial charge >= 0.3 is 6.03 Å². The van der Waals surface area contributed by atoms with Crippen molar-refractivity contribution >= 4 is 17.6 Å². The maximum atomic E-state index is 13.0. The number of carbonyl (C=O) groups is 1. The van der Waals surface area contributed by atoms with Gasteiger partial charge in [-0.15, -0.1) is 0 Å². The predicted octanol–water partition coefficient (Wildman–Crippen LogP) is 3.92. The lowest BCUT2D eigenvalue weighted by molar-refractivity contribution is 0.186. The molecule has 1 aromatic heterocycles. The highest BCUT2D eigenvalue weighted by molar-refractivity contribution is 6.32. The number of amides is 2. The van der Waals surface area contributed by atoms with E-state index < -0.39 is 0 Å². The molecule has 2 aromatic rings. The van der Waals surface area contributed by atoms with Crippen LogP contribution in [0.25, 0.3) is 0 Å². The van der Waals surface area contributed by atoms with Gasteiger partial charge in [0.05, 0.1) is 29.9 Å². The number of carbonyl (C=O) groups excluding carboxylic acids is 1. The van der Waals surface area contributed by atoms with Gasteiger partial charge in [-0.3, -0.25) is 0 Å². The summed E-state index contributed by atoms with van der Waals surface area (Å²) in [6.07, 6.45) is 3.94. The second kappa shape index (κ2) is 10.8. The van der Waals surface area contributed by atoms with Crippen molar-refractivity contribution in [3.8, 4) is 5.75 Å². The molecule has 2 heterocycles. The molecule has 31 heavy (non-hydrogen) atoms. The topological polar surface area (TPSA) is 87.6 Å². The Kier molecular flexibility index (Phi) is 8.09. The number of nitrogens with zero attached hydrogens (tertiary/aromatic N) is 3. The fourth-order valence-electron chi connectivity index (χ4n) is 3.66. The number of aliphatic hydroxyl groups excluding tert-OH is 1. The van der Waals surface area contributed by atoms with Crippen molar-refractivity contribution in [2.45, 2.75) is 52.6 Å². The summed E-state index contributed by atoms with van der Waals surface area (Å²) in [7, 11) is 0. The highest BCUT2D eigenvalue weighted by Gasteiger charge is 2.25. The molecule has 0 radical (unpaired) electrons. The molecule has 0 spiro atoms. The molecule has 0 bridgehead atoms. The van der Waals surface area contributed by atoms with Gasteiger partial charge in [-0.1, -0.05) is 31.5 Å². The first-order chi connectivity index (χ1) is 14.9. The second-order valence-electron chi connectivity index (χ2n) is 7.95. The molecule has 1 aromatic carbocycles. The normalized spacial score (nSPS) is 15.2. The highest BCUT2D eigenvalue weighted by atomic mass is 35.5. The van der Waals surface area contributed by atoms with Crippen LogP contribution in [0.1, 0.15) is 55.9 Å². The molecule has 3 rings (SSSR count). The van der Waals surface area contributed by atoms with Crippen LogP contribution in [0.15, 0.2) is 24.4 Å². The Morgan fingerprint density at radius 2 is 2.19 bits per heavy atom. The van der Waals surface area contributed by atoms with Crippen molar-refractivity contribution < 1.29 is 14.6 Å². The third kappa shape index (κ3) is 5.86. The van der Waals surface area contributed by atoms with Gasteiger partial charge in [-0.2, -0.15) is 0 Å². The summed E-state index contributed by atoms with van der Waals surface area (Å²) in [4.78, 5) is 23.9. The van der Waals surface area contributed by atoms with Crippen molar-refractivity contribution in [2.75, 3.05) is 19.8 Å². The van der Waals surface area contributed by atoms with Crippen LogP contribution in [0.2, 0.25) is 5.02 Å². The Morgan fingerprint density at radius 3 is 2.87 bits per heavy atom. The summed E-state index contributed by atoms with van der Waals surface area (Å²) >= 11 is 6.33. The molecule has 7 nitrogen and oxygen atoms in total. The van der Waals surface area contributed by atoms with Crippen LogP contribution in [0.4, 0.5) is 4.79 Å². The zero-order valence-corrected chi connectivity index (χ0v) is 19.2. The van der Waals surface area contributed by atoms with Crippen molar-refractivity contribution in [2.24, 2.45) is 5.92 Å². The molecule has 1 aliphatic rings. The summed E-state index contributed by atoms with van der Waals surface area (Å²) in [5.74, 6) is 1.46. The molecule has 2 atom stereocenters. The van der Waals surface area contributed by atoms with E-state index in [0.29, 0.717) is 42.7 Å². The Hall–Kier alpha value is -2.38. The van der Waals surface area contributed by atoms with E-state index in [4.69, 9.17) is 16.3 Å². The van der Waals surface area contributed by atoms with Gasteiger partial charge in [0.1, 0.15) is 11.6 Å². The average Bonchev–Trinajstić information content (AvgIpc) is 2.78. The molecule has 0 aliphatic carbocycles. The number of nitrogens with one attached hydrogen (secondary N) is 1. The number of halogens is 1.